The van der Waals surface area contributed by atoms with Gasteiger partial charge in [-0.15, -0.1) is 11.8 Å². The fraction of sp³-hybridized carbons (Fsp3) is 0.700. The van der Waals surface area contributed by atoms with Gasteiger partial charge in [0.1, 0.15) is 0 Å². The Labute approximate surface area is 150 Å². The van der Waals surface area contributed by atoms with Gasteiger partial charge in [0, 0.05) is 35.9 Å². The second-order valence-corrected chi connectivity index (χ2v) is 9.07. The van der Waals surface area contributed by atoms with Crippen LogP contribution < -0.4 is 0 Å². The van der Waals surface area contributed by atoms with Gasteiger partial charge in [-0.3, -0.25) is 0 Å². The molecule has 0 N–H and O–H groups in total. The van der Waals surface area contributed by atoms with Crippen molar-refractivity contribution in [2.45, 2.75) is 47.8 Å². The molecule has 1 aromatic carbocycles. The second kappa shape index (κ2) is 7.36. The third-order valence-corrected chi connectivity index (χ3v) is 7.21. The molecule has 0 bridgehead atoms. The Hall–Kier alpha value is -0.550. The minimum Gasteiger partial charge on any atom is -0.381 e. The monoisotopic (exact) mass is 346 g/mol. The van der Waals surface area contributed by atoms with Crippen LogP contribution in [-0.4, -0.2) is 68.0 Å². The van der Waals surface area contributed by atoms with Gasteiger partial charge in [-0.1, -0.05) is 12.1 Å². The first kappa shape index (κ1) is 16.9. The van der Waals surface area contributed by atoms with E-state index in [0.717, 1.165) is 43.3 Å². The lowest BCUT2D eigenvalue weighted by Crippen LogP contribution is -2.32. The van der Waals surface area contributed by atoms with Gasteiger partial charge in [0.15, 0.2) is 0 Å². The molecule has 2 aliphatic heterocycles. The molecular weight excluding hydrogens is 316 g/mol. The van der Waals surface area contributed by atoms with E-state index in [1.807, 2.05) is 0 Å². The Balaban J connectivity index is 1.10. The summed E-state index contributed by atoms with van der Waals surface area (Å²) in [6.45, 7) is 5.42. The Morgan fingerprint density at radius 1 is 1.29 bits per heavy atom. The van der Waals surface area contributed by atoms with E-state index in [9.17, 15) is 0 Å². The summed E-state index contributed by atoms with van der Waals surface area (Å²) in [6.07, 6.45) is 4.93. The summed E-state index contributed by atoms with van der Waals surface area (Å²) in [6, 6.07) is 7.81. The molecule has 1 aromatic rings. The van der Waals surface area contributed by atoms with Crippen molar-refractivity contribution in [2.75, 3.05) is 46.9 Å². The van der Waals surface area contributed by atoms with Gasteiger partial charge in [0.05, 0.1) is 6.61 Å². The molecule has 4 rings (SSSR count). The molecule has 2 fully saturated rings. The topological polar surface area (TPSA) is 15.7 Å². The zero-order valence-electron chi connectivity index (χ0n) is 15.0. The molecule has 24 heavy (non-hydrogen) atoms. The summed E-state index contributed by atoms with van der Waals surface area (Å²) in [7, 11) is 4.39. The van der Waals surface area contributed by atoms with E-state index in [-0.39, 0.29) is 0 Å². The van der Waals surface area contributed by atoms with Crippen LogP contribution in [0.2, 0.25) is 0 Å². The van der Waals surface area contributed by atoms with Crippen molar-refractivity contribution in [1.29, 1.82) is 0 Å². The first-order chi connectivity index (χ1) is 11.7. The Kier molecular flexibility index (Phi) is 5.18. The molecule has 1 saturated carbocycles. The van der Waals surface area contributed by atoms with Crippen LogP contribution in [-0.2, 0) is 11.2 Å². The number of fused-ring (bicyclic) bond motifs is 3. The van der Waals surface area contributed by atoms with Crippen molar-refractivity contribution in [3.63, 3.8) is 0 Å². The lowest BCUT2D eigenvalue weighted by Gasteiger charge is -2.20. The van der Waals surface area contributed by atoms with Crippen LogP contribution in [0.3, 0.4) is 0 Å². The van der Waals surface area contributed by atoms with Gasteiger partial charge >= 0.3 is 0 Å². The van der Waals surface area contributed by atoms with Gasteiger partial charge in [0.25, 0.3) is 0 Å². The number of nitrogens with zero attached hydrogens (tertiary/aromatic N) is 2. The molecule has 1 saturated heterocycles. The minimum absolute atomic E-state index is 0.745. The smallest absolute Gasteiger partial charge is 0.0506 e. The SMILES string of the molecule is CN(C)C1CCN(CCCOCCc2ccc3c(c2)C2CC2S3)C1. The van der Waals surface area contributed by atoms with Gasteiger partial charge in [-0.05, 0) is 69.4 Å². The molecule has 0 aromatic heterocycles. The van der Waals surface area contributed by atoms with Gasteiger partial charge in [-0.25, -0.2) is 0 Å². The first-order valence-corrected chi connectivity index (χ1v) is 10.3. The quantitative estimate of drug-likeness (QED) is 0.671. The third-order valence-electron chi connectivity index (χ3n) is 5.76. The van der Waals surface area contributed by atoms with Crippen molar-refractivity contribution >= 4 is 11.8 Å². The average molecular weight is 347 g/mol. The van der Waals surface area contributed by atoms with E-state index in [4.69, 9.17) is 4.74 Å². The Morgan fingerprint density at radius 2 is 2.21 bits per heavy atom. The number of likely N-dealkylation sites (tertiary alicyclic amines) is 1. The summed E-state index contributed by atoms with van der Waals surface area (Å²) >= 11 is 2.08. The number of benzene rings is 1. The van der Waals surface area contributed by atoms with E-state index >= 15 is 0 Å². The standard InChI is InChI=1S/C20H30N2OS/c1-21(2)16-6-9-22(14-16)8-3-10-23-11-7-15-4-5-19-17(12-15)18-13-20(18)24-19/h4-5,12,16,18,20H,3,6-11,13-14H2,1-2H3. The van der Waals surface area contributed by atoms with E-state index in [1.165, 1.54) is 42.9 Å². The first-order valence-electron chi connectivity index (χ1n) is 9.47. The van der Waals surface area contributed by atoms with E-state index < -0.39 is 0 Å². The molecule has 3 atom stereocenters. The van der Waals surface area contributed by atoms with Crippen molar-refractivity contribution in [2.24, 2.45) is 0 Å². The normalized spacial score (nSPS) is 28.4. The lowest BCUT2D eigenvalue weighted by molar-refractivity contribution is 0.125. The summed E-state index contributed by atoms with van der Waals surface area (Å²) in [5, 5.41) is 0.907. The van der Waals surface area contributed by atoms with Crippen LogP contribution in [0.15, 0.2) is 23.1 Å². The predicted molar refractivity (Wildman–Crippen MR) is 101 cm³/mol. The highest BCUT2D eigenvalue weighted by molar-refractivity contribution is 8.00. The molecule has 2 heterocycles. The molecule has 0 radical (unpaired) electrons. The molecule has 3 aliphatic rings. The van der Waals surface area contributed by atoms with Crippen molar-refractivity contribution in [3.8, 4) is 0 Å². The average Bonchev–Trinajstić information content (AvgIpc) is 3.03. The van der Waals surface area contributed by atoms with Crippen molar-refractivity contribution in [3.05, 3.63) is 29.3 Å². The molecule has 0 amide bonds. The maximum absolute atomic E-state index is 5.89. The molecule has 3 unspecified atom stereocenters. The maximum Gasteiger partial charge on any atom is 0.0506 e. The van der Waals surface area contributed by atoms with Crippen LogP contribution in [0.5, 0.6) is 0 Å². The molecule has 132 valence electrons. The van der Waals surface area contributed by atoms with Crippen molar-refractivity contribution < 1.29 is 4.74 Å². The number of hydrogen-bond acceptors (Lipinski definition) is 4. The number of likely N-dealkylation sites (N-methyl/N-ethyl adjacent to an activating group) is 1. The molecular formula is C20H30N2OS. The largest absolute Gasteiger partial charge is 0.381 e. The molecule has 1 aliphatic carbocycles. The maximum atomic E-state index is 5.89. The highest BCUT2D eigenvalue weighted by atomic mass is 32.2. The van der Waals surface area contributed by atoms with Crippen LogP contribution in [0.4, 0.5) is 0 Å². The molecule has 4 heteroatoms. The Bertz CT molecular complexity index is 577. The Morgan fingerprint density at radius 3 is 3.04 bits per heavy atom. The van der Waals surface area contributed by atoms with Crippen LogP contribution in [0.1, 0.15) is 36.3 Å². The lowest BCUT2D eigenvalue weighted by atomic mass is 10.1. The predicted octanol–water partition coefficient (Wildman–Crippen LogP) is 3.23. The van der Waals surface area contributed by atoms with Crippen molar-refractivity contribution in [1.82, 2.24) is 9.80 Å². The van der Waals surface area contributed by atoms with E-state index in [2.05, 4.69) is 53.9 Å². The summed E-state index contributed by atoms with van der Waals surface area (Å²) in [4.78, 5) is 6.47. The summed E-state index contributed by atoms with van der Waals surface area (Å²) < 4.78 is 5.89. The van der Waals surface area contributed by atoms with E-state index in [0.29, 0.717) is 0 Å². The minimum atomic E-state index is 0.745. The van der Waals surface area contributed by atoms with Gasteiger partial charge in [0.2, 0.25) is 0 Å². The number of thioether (sulfide) groups is 1. The highest BCUT2D eigenvalue weighted by Crippen LogP contribution is 2.60. The number of hydrogen-bond donors (Lipinski definition) is 0. The number of rotatable bonds is 8. The van der Waals surface area contributed by atoms with Gasteiger partial charge < -0.3 is 14.5 Å². The third kappa shape index (κ3) is 3.82. The molecule has 0 spiro atoms. The van der Waals surface area contributed by atoms with Crippen LogP contribution >= 0.6 is 11.8 Å². The van der Waals surface area contributed by atoms with Gasteiger partial charge in [-0.2, -0.15) is 0 Å². The van der Waals surface area contributed by atoms with Crippen LogP contribution in [0, 0.1) is 0 Å². The zero-order chi connectivity index (χ0) is 16.5. The second-order valence-electron chi connectivity index (χ2n) is 7.79. The summed E-state index contributed by atoms with van der Waals surface area (Å²) in [5.41, 5.74) is 3.07. The fourth-order valence-electron chi connectivity index (χ4n) is 4.06. The fourth-order valence-corrected chi connectivity index (χ4v) is 5.50. The molecule has 3 nitrogen and oxygen atoms in total. The van der Waals surface area contributed by atoms with Crippen LogP contribution in [0.25, 0.3) is 0 Å². The number of ether oxygens (including phenoxy) is 1. The highest BCUT2D eigenvalue weighted by Gasteiger charge is 2.45. The van der Waals surface area contributed by atoms with E-state index in [1.54, 1.807) is 5.56 Å². The zero-order valence-corrected chi connectivity index (χ0v) is 15.9. The summed E-state index contributed by atoms with van der Waals surface area (Å²) in [5.74, 6) is 0.873.